The van der Waals surface area contributed by atoms with Gasteiger partial charge in [0.25, 0.3) is 11.8 Å². The van der Waals surface area contributed by atoms with Gasteiger partial charge in [0.1, 0.15) is 5.75 Å². The minimum atomic E-state index is -3.78. The van der Waals surface area contributed by atoms with Gasteiger partial charge in [-0.3, -0.25) is 9.59 Å². The average molecular weight is 445 g/mol. The molecule has 2 aromatic carbocycles. The molecule has 0 aliphatic carbocycles. The summed E-state index contributed by atoms with van der Waals surface area (Å²) in [6.07, 6.45) is -0.728. The molecule has 0 saturated carbocycles. The van der Waals surface area contributed by atoms with Crippen LogP contribution in [0.3, 0.4) is 0 Å². The number of fused-ring (bicyclic) bond motifs is 1. The number of rotatable bonds is 5. The van der Waals surface area contributed by atoms with Gasteiger partial charge in [-0.15, -0.1) is 0 Å². The Morgan fingerprint density at radius 3 is 2.48 bits per heavy atom. The molecule has 1 fully saturated rings. The van der Waals surface area contributed by atoms with Gasteiger partial charge in [-0.2, -0.15) is 4.31 Å². The van der Waals surface area contributed by atoms with Crippen molar-refractivity contribution >= 4 is 27.5 Å². The normalized spacial score (nSPS) is 18.0. The van der Waals surface area contributed by atoms with Crippen LogP contribution in [0.4, 0.5) is 5.69 Å². The fourth-order valence-electron chi connectivity index (χ4n) is 3.69. The Balaban J connectivity index is 1.45. The van der Waals surface area contributed by atoms with E-state index in [1.165, 1.54) is 29.6 Å². The number of hydrogen-bond acceptors (Lipinski definition) is 6. The number of nitrogens with zero attached hydrogens (tertiary/aromatic N) is 2. The van der Waals surface area contributed by atoms with Gasteiger partial charge in [-0.05, 0) is 23.8 Å². The Labute approximate surface area is 180 Å². The van der Waals surface area contributed by atoms with Crippen molar-refractivity contribution in [1.82, 2.24) is 9.21 Å². The predicted octanol–water partition coefficient (Wildman–Crippen LogP) is 1.24. The number of anilines is 1. The van der Waals surface area contributed by atoms with Crippen LogP contribution in [0.2, 0.25) is 0 Å². The zero-order valence-electron chi connectivity index (χ0n) is 17.0. The van der Waals surface area contributed by atoms with Crippen molar-refractivity contribution in [2.75, 3.05) is 45.2 Å². The van der Waals surface area contributed by atoms with E-state index in [9.17, 15) is 18.0 Å². The lowest BCUT2D eigenvalue weighted by Crippen LogP contribution is -2.51. The number of amides is 2. The third-order valence-electron chi connectivity index (χ3n) is 5.33. The number of carbonyl (C=O) groups excluding carboxylic acids is 2. The number of nitrogens with one attached hydrogen (secondary N) is 1. The molecule has 2 aliphatic rings. The van der Waals surface area contributed by atoms with Crippen molar-refractivity contribution < 1.29 is 27.5 Å². The third-order valence-corrected chi connectivity index (χ3v) is 7.23. The van der Waals surface area contributed by atoms with Crippen LogP contribution in [-0.4, -0.2) is 69.3 Å². The molecule has 10 heteroatoms. The first-order valence-electron chi connectivity index (χ1n) is 9.83. The lowest BCUT2D eigenvalue weighted by molar-refractivity contribution is -0.143. The molecule has 2 heterocycles. The van der Waals surface area contributed by atoms with Crippen molar-refractivity contribution in [2.45, 2.75) is 11.0 Å². The zero-order chi connectivity index (χ0) is 22.0. The second-order valence-electron chi connectivity index (χ2n) is 7.25. The molecule has 1 N–H and O–H groups in total. The Kier molecular flexibility index (Phi) is 5.94. The van der Waals surface area contributed by atoms with Crippen molar-refractivity contribution in [3.05, 3.63) is 54.1 Å². The number of hydrogen-bond donors (Lipinski definition) is 1. The maximum Gasteiger partial charge on any atom is 0.262 e. The van der Waals surface area contributed by atoms with Crippen LogP contribution in [0, 0.1) is 0 Å². The van der Waals surface area contributed by atoms with Crippen molar-refractivity contribution in [3.8, 4) is 5.75 Å². The summed E-state index contributed by atoms with van der Waals surface area (Å²) in [6, 6.07) is 13.6. The monoisotopic (exact) mass is 445 g/mol. The highest BCUT2D eigenvalue weighted by molar-refractivity contribution is 7.89. The molecule has 164 valence electrons. The Morgan fingerprint density at radius 2 is 1.81 bits per heavy atom. The molecular weight excluding hydrogens is 422 g/mol. The fourth-order valence-corrected chi connectivity index (χ4v) is 5.14. The van der Waals surface area contributed by atoms with Crippen molar-refractivity contribution in [1.29, 1.82) is 0 Å². The highest BCUT2D eigenvalue weighted by Crippen LogP contribution is 2.31. The van der Waals surface area contributed by atoms with E-state index < -0.39 is 16.1 Å². The lowest BCUT2D eigenvalue weighted by atomic mass is 10.1. The van der Waals surface area contributed by atoms with Crippen LogP contribution >= 0.6 is 0 Å². The molecule has 2 aliphatic heterocycles. The first kappa shape index (κ1) is 21.3. The zero-order valence-corrected chi connectivity index (χ0v) is 17.8. The fraction of sp³-hybridized carbons (Fsp3) is 0.333. The second kappa shape index (κ2) is 8.66. The van der Waals surface area contributed by atoms with Gasteiger partial charge in [0.2, 0.25) is 10.0 Å². The highest BCUT2D eigenvalue weighted by atomic mass is 32.2. The van der Waals surface area contributed by atoms with Crippen molar-refractivity contribution in [3.63, 3.8) is 0 Å². The molecule has 1 unspecified atom stereocenters. The van der Waals surface area contributed by atoms with E-state index >= 15 is 0 Å². The van der Waals surface area contributed by atoms with Gasteiger partial charge in [0.15, 0.2) is 12.7 Å². The van der Waals surface area contributed by atoms with Crippen LogP contribution in [-0.2, 0) is 24.3 Å². The minimum Gasteiger partial charge on any atom is -0.482 e. The maximum atomic E-state index is 13.1. The highest BCUT2D eigenvalue weighted by Gasteiger charge is 2.33. The summed E-state index contributed by atoms with van der Waals surface area (Å²) in [4.78, 5) is 26.1. The molecule has 1 saturated heterocycles. The van der Waals surface area contributed by atoms with Crippen LogP contribution in [0.25, 0.3) is 0 Å². The van der Waals surface area contributed by atoms with E-state index in [-0.39, 0.29) is 49.5 Å². The van der Waals surface area contributed by atoms with Crippen molar-refractivity contribution in [2.24, 2.45) is 0 Å². The SMILES string of the molecule is COC(C(=O)N1CCN(S(=O)(=O)c2ccc3c(c2)NC(=O)CO3)CC1)c1ccccc1. The lowest BCUT2D eigenvalue weighted by Gasteiger charge is -2.35. The van der Waals surface area contributed by atoms with E-state index in [1.807, 2.05) is 30.3 Å². The number of ether oxygens (including phenoxy) is 2. The molecule has 9 nitrogen and oxygen atoms in total. The molecule has 0 radical (unpaired) electrons. The summed E-state index contributed by atoms with van der Waals surface area (Å²) in [7, 11) is -2.30. The van der Waals surface area contributed by atoms with E-state index in [0.717, 1.165) is 5.56 Å². The first-order valence-corrected chi connectivity index (χ1v) is 11.3. The molecule has 2 aromatic rings. The molecule has 0 spiro atoms. The average Bonchev–Trinajstić information content (AvgIpc) is 2.79. The van der Waals surface area contributed by atoms with Gasteiger partial charge >= 0.3 is 0 Å². The smallest absolute Gasteiger partial charge is 0.262 e. The molecule has 1 atom stereocenters. The van der Waals surface area contributed by atoms with E-state index in [4.69, 9.17) is 9.47 Å². The molecule has 4 rings (SSSR count). The van der Waals surface area contributed by atoms with E-state index in [2.05, 4.69) is 5.32 Å². The molecule has 2 amide bonds. The number of carbonyl (C=O) groups is 2. The topological polar surface area (TPSA) is 105 Å². The van der Waals surface area contributed by atoms with Crippen LogP contribution < -0.4 is 10.1 Å². The van der Waals surface area contributed by atoms with Gasteiger partial charge in [-0.25, -0.2) is 8.42 Å². The first-order chi connectivity index (χ1) is 14.9. The van der Waals surface area contributed by atoms with Crippen LogP contribution in [0.15, 0.2) is 53.4 Å². The number of sulfonamides is 1. The van der Waals surface area contributed by atoms with Crippen LogP contribution in [0.1, 0.15) is 11.7 Å². The number of benzene rings is 2. The summed E-state index contributed by atoms with van der Waals surface area (Å²) < 4.78 is 38.2. The standard InChI is InChI=1S/C21H23N3O6S/c1-29-20(15-5-3-2-4-6-15)21(26)23-9-11-24(12-10-23)31(27,28)16-7-8-18-17(13-16)22-19(25)14-30-18/h2-8,13,20H,9-12,14H2,1H3,(H,22,25). The van der Waals surface area contributed by atoms with Crippen LogP contribution in [0.5, 0.6) is 5.75 Å². The summed E-state index contributed by atoms with van der Waals surface area (Å²) in [6.45, 7) is 0.754. The molecule has 0 aromatic heterocycles. The van der Waals surface area contributed by atoms with Gasteiger partial charge < -0.3 is 19.7 Å². The summed E-state index contributed by atoms with van der Waals surface area (Å²) >= 11 is 0. The molecule has 31 heavy (non-hydrogen) atoms. The minimum absolute atomic E-state index is 0.0656. The maximum absolute atomic E-state index is 13.1. The predicted molar refractivity (Wildman–Crippen MR) is 112 cm³/mol. The Hall–Kier alpha value is -2.95. The number of methoxy groups -OCH3 is 1. The molecule has 0 bridgehead atoms. The number of piperazine rings is 1. The summed E-state index contributed by atoms with van der Waals surface area (Å²) in [5, 5.41) is 2.62. The van der Waals surface area contributed by atoms with Gasteiger partial charge in [0, 0.05) is 33.3 Å². The second-order valence-corrected chi connectivity index (χ2v) is 9.19. The Bertz CT molecular complexity index is 1080. The molecular formula is C21H23N3O6S. The summed E-state index contributed by atoms with van der Waals surface area (Å²) in [5.74, 6) is -0.0971. The van der Waals surface area contributed by atoms with E-state index in [0.29, 0.717) is 11.4 Å². The quantitative estimate of drug-likeness (QED) is 0.743. The third kappa shape index (κ3) is 4.27. The van der Waals surface area contributed by atoms with Gasteiger partial charge in [-0.1, -0.05) is 30.3 Å². The van der Waals surface area contributed by atoms with Gasteiger partial charge in [0.05, 0.1) is 10.6 Å². The largest absolute Gasteiger partial charge is 0.482 e. The Morgan fingerprint density at radius 1 is 1.10 bits per heavy atom. The van der Waals surface area contributed by atoms with E-state index in [1.54, 1.807) is 4.90 Å². The summed E-state index contributed by atoms with van der Waals surface area (Å²) in [5.41, 5.74) is 1.08.